The number of anilines is 3. The number of para-hydroxylation sites is 1. The van der Waals surface area contributed by atoms with Gasteiger partial charge >= 0.3 is 5.69 Å². The molecule has 1 aromatic carbocycles. The molecule has 1 aromatic heterocycles. The highest BCUT2D eigenvalue weighted by Crippen LogP contribution is 2.35. The normalized spacial score (nSPS) is 15.2. The summed E-state index contributed by atoms with van der Waals surface area (Å²) < 4.78 is 0. The third kappa shape index (κ3) is 3.80. The van der Waals surface area contributed by atoms with Gasteiger partial charge in [0, 0.05) is 26.2 Å². The van der Waals surface area contributed by atoms with Gasteiger partial charge in [0.2, 0.25) is 11.6 Å². The van der Waals surface area contributed by atoms with Crippen LogP contribution in [0.25, 0.3) is 0 Å². The van der Waals surface area contributed by atoms with Crippen LogP contribution >= 0.6 is 11.6 Å². The molecule has 1 N–H and O–H groups in total. The lowest BCUT2D eigenvalue weighted by Gasteiger charge is -2.34. The minimum atomic E-state index is -0.444. The smallest absolute Gasteiger partial charge is 0.348 e. The van der Waals surface area contributed by atoms with E-state index in [0.29, 0.717) is 29.6 Å². The highest BCUT2D eigenvalue weighted by Gasteiger charge is 2.29. The number of likely N-dealkylation sites (N-methyl/N-ethyl adjacent to an activating group) is 1. The predicted octanol–water partition coefficient (Wildman–Crippen LogP) is 2.92. The Balaban J connectivity index is 1.92. The monoisotopic (exact) mass is 362 g/mol. The van der Waals surface area contributed by atoms with E-state index in [1.165, 1.54) is 6.33 Å². The summed E-state index contributed by atoms with van der Waals surface area (Å²) in [4.78, 5) is 23.7. The average molecular weight is 363 g/mol. The van der Waals surface area contributed by atoms with Crippen LogP contribution in [-0.2, 0) is 0 Å². The first kappa shape index (κ1) is 17.4. The van der Waals surface area contributed by atoms with Gasteiger partial charge in [0.25, 0.3) is 0 Å². The molecule has 0 spiro atoms. The molecule has 0 unspecified atom stereocenters. The molecule has 1 aliphatic heterocycles. The van der Waals surface area contributed by atoms with E-state index >= 15 is 0 Å². The van der Waals surface area contributed by atoms with E-state index in [0.717, 1.165) is 19.6 Å². The number of piperazine rings is 1. The first-order valence-corrected chi connectivity index (χ1v) is 8.46. The minimum absolute atomic E-state index is 0.132. The maximum Gasteiger partial charge on any atom is 0.353 e. The fourth-order valence-electron chi connectivity index (χ4n) is 2.83. The summed E-state index contributed by atoms with van der Waals surface area (Å²) in [6.07, 6.45) is 1.34. The molecule has 9 heteroatoms. The molecule has 25 heavy (non-hydrogen) atoms. The summed E-state index contributed by atoms with van der Waals surface area (Å²) in [5, 5.41) is 15.1. The number of halogens is 1. The first-order chi connectivity index (χ1) is 12.1. The molecule has 0 aliphatic carbocycles. The van der Waals surface area contributed by atoms with Crippen molar-refractivity contribution in [3.63, 3.8) is 0 Å². The van der Waals surface area contributed by atoms with Crippen molar-refractivity contribution in [2.45, 2.75) is 6.92 Å². The van der Waals surface area contributed by atoms with Crippen LogP contribution in [0.5, 0.6) is 0 Å². The second-order valence-electron chi connectivity index (χ2n) is 5.68. The lowest BCUT2D eigenvalue weighted by Crippen LogP contribution is -2.46. The Bertz CT molecular complexity index is 764. The van der Waals surface area contributed by atoms with Crippen LogP contribution in [0.4, 0.5) is 23.0 Å². The Morgan fingerprint density at radius 2 is 1.96 bits per heavy atom. The van der Waals surface area contributed by atoms with Crippen molar-refractivity contribution in [2.24, 2.45) is 0 Å². The maximum atomic E-state index is 11.7. The molecule has 1 fully saturated rings. The summed E-state index contributed by atoms with van der Waals surface area (Å²) >= 11 is 6.13. The molecule has 1 aliphatic rings. The predicted molar refractivity (Wildman–Crippen MR) is 97.7 cm³/mol. The van der Waals surface area contributed by atoms with Gasteiger partial charge in [-0.3, -0.25) is 10.1 Å². The lowest BCUT2D eigenvalue weighted by atomic mass is 10.2. The Kier molecular flexibility index (Phi) is 5.30. The fourth-order valence-corrected chi connectivity index (χ4v) is 3.01. The molecule has 0 atom stereocenters. The summed E-state index contributed by atoms with van der Waals surface area (Å²) in [7, 11) is 0. The molecule has 0 radical (unpaired) electrons. The van der Waals surface area contributed by atoms with Gasteiger partial charge in [-0.25, -0.2) is 9.97 Å². The number of benzene rings is 1. The van der Waals surface area contributed by atoms with E-state index in [1.807, 2.05) is 4.90 Å². The zero-order valence-corrected chi connectivity index (χ0v) is 14.6. The van der Waals surface area contributed by atoms with Crippen molar-refractivity contribution in [1.82, 2.24) is 14.9 Å². The summed E-state index contributed by atoms with van der Waals surface area (Å²) in [6, 6.07) is 7.04. The van der Waals surface area contributed by atoms with E-state index in [9.17, 15) is 10.1 Å². The number of rotatable bonds is 5. The number of nitro groups is 1. The van der Waals surface area contributed by atoms with Crippen LogP contribution in [0.3, 0.4) is 0 Å². The third-order valence-electron chi connectivity index (χ3n) is 4.23. The number of nitrogens with one attached hydrogen (secondary N) is 1. The summed E-state index contributed by atoms with van der Waals surface area (Å²) in [5.74, 6) is 0.478. The van der Waals surface area contributed by atoms with Gasteiger partial charge in [-0.15, -0.1) is 0 Å². The Morgan fingerprint density at radius 3 is 2.60 bits per heavy atom. The summed E-state index contributed by atoms with van der Waals surface area (Å²) in [6.45, 7) is 6.16. The summed E-state index contributed by atoms with van der Waals surface area (Å²) in [5.41, 5.74) is 0.431. The van der Waals surface area contributed by atoms with Gasteiger partial charge in [-0.1, -0.05) is 30.7 Å². The molecule has 2 aromatic rings. The molecular weight excluding hydrogens is 344 g/mol. The molecular formula is C16H19ClN6O2. The average Bonchev–Trinajstić information content (AvgIpc) is 2.63. The number of hydrogen-bond donors (Lipinski definition) is 1. The van der Waals surface area contributed by atoms with Crippen molar-refractivity contribution >= 4 is 34.6 Å². The van der Waals surface area contributed by atoms with Crippen LogP contribution in [0.2, 0.25) is 5.02 Å². The van der Waals surface area contributed by atoms with Crippen LogP contribution in [0.1, 0.15) is 6.92 Å². The van der Waals surface area contributed by atoms with E-state index in [1.54, 1.807) is 24.3 Å². The van der Waals surface area contributed by atoms with Crippen molar-refractivity contribution in [3.8, 4) is 0 Å². The number of hydrogen-bond acceptors (Lipinski definition) is 7. The second kappa shape index (κ2) is 7.62. The van der Waals surface area contributed by atoms with Gasteiger partial charge < -0.3 is 15.1 Å². The van der Waals surface area contributed by atoms with E-state index in [-0.39, 0.29) is 11.5 Å². The molecule has 0 saturated carbocycles. The van der Waals surface area contributed by atoms with Gasteiger partial charge in [-0.05, 0) is 18.7 Å². The number of aromatic nitrogens is 2. The van der Waals surface area contributed by atoms with Crippen molar-refractivity contribution in [1.29, 1.82) is 0 Å². The van der Waals surface area contributed by atoms with Gasteiger partial charge in [0.05, 0.1) is 15.6 Å². The van der Waals surface area contributed by atoms with Crippen LogP contribution in [0, 0.1) is 10.1 Å². The van der Waals surface area contributed by atoms with E-state index in [4.69, 9.17) is 11.6 Å². The highest BCUT2D eigenvalue weighted by molar-refractivity contribution is 6.33. The molecule has 132 valence electrons. The molecule has 1 saturated heterocycles. The quantitative estimate of drug-likeness (QED) is 0.646. The second-order valence-corrected chi connectivity index (χ2v) is 6.08. The minimum Gasteiger partial charge on any atom is -0.348 e. The van der Waals surface area contributed by atoms with Gasteiger partial charge in [0.15, 0.2) is 0 Å². The maximum absolute atomic E-state index is 11.7. The number of nitrogens with zero attached hydrogens (tertiary/aromatic N) is 5. The van der Waals surface area contributed by atoms with E-state index < -0.39 is 4.92 Å². The standard InChI is InChI=1S/C16H19ClN6O2/c1-2-21-7-9-22(10-8-21)16-14(23(24)25)15(18-11-19-16)20-13-6-4-3-5-12(13)17/h3-6,11H,2,7-10H2,1H3,(H,18,19,20). The Morgan fingerprint density at radius 1 is 1.24 bits per heavy atom. The van der Waals surface area contributed by atoms with Gasteiger partial charge in [-0.2, -0.15) is 0 Å². The van der Waals surface area contributed by atoms with Crippen molar-refractivity contribution in [3.05, 3.63) is 45.7 Å². The molecule has 2 heterocycles. The van der Waals surface area contributed by atoms with Crippen molar-refractivity contribution in [2.75, 3.05) is 42.9 Å². The Hall–Kier alpha value is -2.45. The highest BCUT2D eigenvalue weighted by atomic mass is 35.5. The molecule has 0 bridgehead atoms. The van der Waals surface area contributed by atoms with Crippen LogP contribution in [-0.4, -0.2) is 52.5 Å². The van der Waals surface area contributed by atoms with Crippen molar-refractivity contribution < 1.29 is 4.92 Å². The van der Waals surface area contributed by atoms with E-state index in [2.05, 4.69) is 27.1 Å². The molecule has 0 amide bonds. The topological polar surface area (TPSA) is 87.4 Å². The molecule has 8 nitrogen and oxygen atoms in total. The van der Waals surface area contributed by atoms with Gasteiger partial charge in [0.1, 0.15) is 6.33 Å². The van der Waals surface area contributed by atoms with Crippen LogP contribution in [0.15, 0.2) is 30.6 Å². The molecule has 3 rings (SSSR count). The third-order valence-corrected chi connectivity index (χ3v) is 4.56. The first-order valence-electron chi connectivity index (χ1n) is 8.08. The zero-order chi connectivity index (χ0) is 17.8. The SMILES string of the molecule is CCN1CCN(c2ncnc(Nc3ccccc3Cl)c2[N+](=O)[O-])CC1. The Labute approximate surface area is 150 Å². The lowest BCUT2D eigenvalue weighted by molar-refractivity contribution is -0.383. The van der Waals surface area contributed by atoms with Crippen LogP contribution < -0.4 is 10.2 Å². The fraction of sp³-hybridized carbons (Fsp3) is 0.375. The largest absolute Gasteiger partial charge is 0.353 e. The zero-order valence-electron chi connectivity index (χ0n) is 13.9.